The molecule has 0 aliphatic heterocycles. The zero-order chi connectivity index (χ0) is 11.6. The van der Waals surface area contributed by atoms with Gasteiger partial charge in [0.1, 0.15) is 5.75 Å². The normalized spacial score (nSPS) is 10.6. The number of aromatic hydroxyl groups is 1. The minimum atomic E-state index is 0.187. The number of nitrogens with one attached hydrogen (secondary N) is 1. The summed E-state index contributed by atoms with van der Waals surface area (Å²) >= 11 is 0. The van der Waals surface area contributed by atoms with Gasteiger partial charge >= 0.3 is 0 Å². The molecule has 1 heterocycles. The summed E-state index contributed by atoms with van der Waals surface area (Å²) in [5, 5.41) is 12.2. The minimum Gasteiger partial charge on any atom is -0.506 e. The molecule has 1 aromatic rings. The van der Waals surface area contributed by atoms with Gasteiger partial charge in [-0.05, 0) is 12.1 Å². The van der Waals surface area contributed by atoms with Crippen LogP contribution in [0.1, 0.15) is 5.69 Å². The SMILES string of the molecule is COCCOCCNCc1ccc(O)cn1. The van der Waals surface area contributed by atoms with E-state index in [0.717, 1.165) is 12.2 Å². The Morgan fingerprint density at radius 2 is 2.19 bits per heavy atom. The van der Waals surface area contributed by atoms with Crippen molar-refractivity contribution in [2.24, 2.45) is 0 Å². The van der Waals surface area contributed by atoms with Gasteiger partial charge in [0, 0.05) is 20.2 Å². The van der Waals surface area contributed by atoms with Gasteiger partial charge in [-0.15, -0.1) is 0 Å². The number of aromatic nitrogens is 1. The average molecular weight is 226 g/mol. The Morgan fingerprint density at radius 1 is 1.31 bits per heavy atom. The van der Waals surface area contributed by atoms with Gasteiger partial charge in [0.05, 0.1) is 31.7 Å². The van der Waals surface area contributed by atoms with Gasteiger partial charge in [-0.1, -0.05) is 0 Å². The predicted molar refractivity (Wildman–Crippen MR) is 60.3 cm³/mol. The Labute approximate surface area is 95.4 Å². The maximum atomic E-state index is 9.03. The fraction of sp³-hybridized carbons (Fsp3) is 0.545. The molecule has 1 aromatic heterocycles. The van der Waals surface area contributed by atoms with Crippen molar-refractivity contribution in [1.82, 2.24) is 10.3 Å². The molecule has 0 saturated carbocycles. The monoisotopic (exact) mass is 226 g/mol. The second-order valence-corrected chi connectivity index (χ2v) is 3.29. The van der Waals surface area contributed by atoms with Crippen molar-refractivity contribution in [3.8, 4) is 5.75 Å². The van der Waals surface area contributed by atoms with Gasteiger partial charge in [-0.25, -0.2) is 0 Å². The Balaban J connectivity index is 2.01. The molecular weight excluding hydrogens is 208 g/mol. The molecule has 0 fully saturated rings. The Hall–Kier alpha value is -1.17. The molecule has 90 valence electrons. The van der Waals surface area contributed by atoms with Crippen LogP contribution < -0.4 is 5.32 Å². The maximum Gasteiger partial charge on any atom is 0.133 e. The molecule has 0 amide bonds. The molecule has 0 aliphatic carbocycles. The third-order valence-electron chi connectivity index (χ3n) is 1.97. The van der Waals surface area contributed by atoms with E-state index in [2.05, 4.69) is 10.3 Å². The lowest BCUT2D eigenvalue weighted by atomic mass is 10.3. The van der Waals surface area contributed by atoms with E-state index in [9.17, 15) is 0 Å². The smallest absolute Gasteiger partial charge is 0.133 e. The topological polar surface area (TPSA) is 63.6 Å². The fourth-order valence-electron chi connectivity index (χ4n) is 1.13. The predicted octanol–water partition coefficient (Wildman–Crippen LogP) is 0.540. The van der Waals surface area contributed by atoms with E-state index in [4.69, 9.17) is 14.6 Å². The van der Waals surface area contributed by atoms with Crippen molar-refractivity contribution in [3.05, 3.63) is 24.0 Å². The molecule has 0 atom stereocenters. The van der Waals surface area contributed by atoms with Gasteiger partial charge in [-0.2, -0.15) is 0 Å². The van der Waals surface area contributed by atoms with Crippen molar-refractivity contribution in [2.45, 2.75) is 6.54 Å². The molecule has 0 aliphatic rings. The third kappa shape index (κ3) is 5.65. The number of methoxy groups -OCH3 is 1. The molecule has 0 spiro atoms. The number of nitrogens with zero attached hydrogens (tertiary/aromatic N) is 1. The highest BCUT2D eigenvalue weighted by Crippen LogP contribution is 2.05. The summed E-state index contributed by atoms with van der Waals surface area (Å²) in [4.78, 5) is 4.05. The first-order valence-electron chi connectivity index (χ1n) is 5.24. The van der Waals surface area contributed by atoms with E-state index >= 15 is 0 Å². The van der Waals surface area contributed by atoms with Crippen molar-refractivity contribution < 1.29 is 14.6 Å². The third-order valence-corrected chi connectivity index (χ3v) is 1.97. The summed E-state index contributed by atoms with van der Waals surface area (Å²) in [7, 11) is 1.65. The summed E-state index contributed by atoms with van der Waals surface area (Å²) in [5.74, 6) is 0.187. The highest BCUT2D eigenvalue weighted by molar-refractivity contribution is 5.17. The zero-order valence-electron chi connectivity index (χ0n) is 9.48. The van der Waals surface area contributed by atoms with Crippen molar-refractivity contribution in [3.63, 3.8) is 0 Å². The first-order chi connectivity index (χ1) is 7.83. The van der Waals surface area contributed by atoms with Gasteiger partial charge in [-0.3, -0.25) is 4.98 Å². The summed E-state index contributed by atoms with van der Waals surface area (Å²) in [6.07, 6.45) is 1.44. The molecule has 5 nitrogen and oxygen atoms in total. The minimum absolute atomic E-state index is 0.187. The molecule has 5 heteroatoms. The molecule has 0 radical (unpaired) electrons. The zero-order valence-corrected chi connectivity index (χ0v) is 9.48. The van der Waals surface area contributed by atoms with E-state index in [1.807, 2.05) is 0 Å². The van der Waals surface area contributed by atoms with E-state index in [-0.39, 0.29) is 5.75 Å². The van der Waals surface area contributed by atoms with Crippen LogP contribution in [-0.4, -0.2) is 43.6 Å². The highest BCUT2D eigenvalue weighted by Gasteiger charge is 1.94. The maximum absolute atomic E-state index is 9.03. The lowest BCUT2D eigenvalue weighted by Gasteiger charge is -2.05. The number of ether oxygens (including phenoxy) is 2. The standard InChI is InChI=1S/C11H18N2O3/c1-15-6-7-16-5-4-12-8-10-2-3-11(14)9-13-10/h2-3,9,12,14H,4-8H2,1H3. The van der Waals surface area contributed by atoms with Gasteiger partial charge in [0.25, 0.3) is 0 Å². The van der Waals surface area contributed by atoms with E-state index in [1.165, 1.54) is 6.20 Å². The first-order valence-corrected chi connectivity index (χ1v) is 5.24. The number of hydrogen-bond acceptors (Lipinski definition) is 5. The van der Waals surface area contributed by atoms with Crippen LogP contribution in [0.4, 0.5) is 0 Å². The molecule has 2 N–H and O–H groups in total. The molecule has 0 bridgehead atoms. The Bertz CT molecular complexity index is 277. The second kappa shape index (κ2) is 8.04. The lowest BCUT2D eigenvalue weighted by Crippen LogP contribution is -2.20. The van der Waals surface area contributed by atoms with Crippen molar-refractivity contribution >= 4 is 0 Å². The van der Waals surface area contributed by atoms with Gasteiger partial charge in [0.15, 0.2) is 0 Å². The number of rotatable bonds is 8. The molecule has 1 rings (SSSR count). The molecule has 16 heavy (non-hydrogen) atoms. The van der Waals surface area contributed by atoms with Crippen LogP contribution in [0.15, 0.2) is 18.3 Å². The van der Waals surface area contributed by atoms with Crippen molar-refractivity contribution in [2.75, 3.05) is 33.5 Å². The van der Waals surface area contributed by atoms with Gasteiger partial charge < -0.3 is 19.9 Å². The summed E-state index contributed by atoms with van der Waals surface area (Å²) in [6, 6.07) is 3.41. The van der Waals surface area contributed by atoms with Crippen LogP contribution in [0, 0.1) is 0 Å². The molecule has 0 unspecified atom stereocenters. The average Bonchev–Trinajstić information content (AvgIpc) is 2.30. The molecule has 0 aromatic carbocycles. The first kappa shape index (κ1) is 12.9. The Kier molecular flexibility index (Phi) is 6.48. The molecule has 0 saturated heterocycles. The van der Waals surface area contributed by atoms with Crippen molar-refractivity contribution in [1.29, 1.82) is 0 Å². The number of hydrogen-bond donors (Lipinski definition) is 2. The summed E-state index contributed by atoms with van der Waals surface area (Å²) in [5.41, 5.74) is 0.898. The van der Waals surface area contributed by atoms with Crippen LogP contribution in [0.2, 0.25) is 0 Å². The quantitative estimate of drug-likeness (QED) is 0.633. The fourth-order valence-corrected chi connectivity index (χ4v) is 1.13. The van der Waals surface area contributed by atoms with Crippen LogP contribution >= 0.6 is 0 Å². The molecular formula is C11H18N2O3. The largest absolute Gasteiger partial charge is 0.506 e. The van der Waals surface area contributed by atoms with Crippen LogP contribution in [0.25, 0.3) is 0 Å². The highest BCUT2D eigenvalue weighted by atomic mass is 16.5. The van der Waals surface area contributed by atoms with Crippen LogP contribution in [0.3, 0.4) is 0 Å². The Morgan fingerprint density at radius 3 is 2.88 bits per heavy atom. The van der Waals surface area contributed by atoms with E-state index < -0.39 is 0 Å². The summed E-state index contributed by atoms with van der Waals surface area (Å²) in [6.45, 7) is 3.34. The van der Waals surface area contributed by atoms with Crippen LogP contribution in [0.5, 0.6) is 5.75 Å². The lowest BCUT2D eigenvalue weighted by molar-refractivity contribution is 0.0719. The van der Waals surface area contributed by atoms with E-state index in [1.54, 1.807) is 19.2 Å². The van der Waals surface area contributed by atoms with Crippen LogP contribution in [-0.2, 0) is 16.0 Å². The van der Waals surface area contributed by atoms with Gasteiger partial charge in [0.2, 0.25) is 0 Å². The van der Waals surface area contributed by atoms with E-state index in [0.29, 0.717) is 26.4 Å². The summed E-state index contributed by atoms with van der Waals surface area (Å²) < 4.78 is 10.1. The second-order valence-electron chi connectivity index (χ2n) is 3.29. The number of pyridine rings is 1.